The van der Waals surface area contributed by atoms with Gasteiger partial charge in [-0.3, -0.25) is 4.79 Å². The quantitative estimate of drug-likeness (QED) is 0.537. The van der Waals surface area contributed by atoms with E-state index in [9.17, 15) is 4.79 Å². The molecule has 0 saturated carbocycles. The average Bonchev–Trinajstić information content (AvgIpc) is 2.97. The predicted molar refractivity (Wildman–Crippen MR) is 114 cm³/mol. The number of thioether (sulfide) groups is 1. The van der Waals surface area contributed by atoms with Crippen LogP contribution in [0.15, 0.2) is 74.2 Å². The summed E-state index contributed by atoms with van der Waals surface area (Å²) in [5, 5.41) is 0.980. The van der Waals surface area contributed by atoms with E-state index in [1.165, 1.54) is 4.90 Å². The Balaban J connectivity index is 1.73. The molecule has 2 heterocycles. The highest BCUT2D eigenvalue weighted by Gasteiger charge is 2.45. The number of nitrogens with zero attached hydrogens (tertiary/aromatic N) is 2. The van der Waals surface area contributed by atoms with Crippen molar-refractivity contribution < 1.29 is 4.79 Å². The number of hydrogen-bond donors (Lipinski definition) is 0. The molecule has 2 aliphatic heterocycles. The highest BCUT2D eigenvalue weighted by molar-refractivity contribution is 9.10. The topological polar surface area (TPSA) is 32.7 Å². The molecule has 0 aromatic heterocycles. The van der Waals surface area contributed by atoms with Gasteiger partial charge in [0, 0.05) is 21.4 Å². The Kier molecular flexibility index (Phi) is 3.89. The molecular weight excluding hydrogens is 420 g/mol. The van der Waals surface area contributed by atoms with E-state index in [1.807, 2.05) is 12.1 Å². The number of anilines is 1. The Morgan fingerprint density at radius 2 is 1.85 bits per heavy atom. The summed E-state index contributed by atoms with van der Waals surface area (Å²) < 4.78 is 1.04. The molecule has 0 bridgehead atoms. The number of para-hydroxylation sites is 1. The van der Waals surface area contributed by atoms with Crippen LogP contribution in [0.3, 0.4) is 0 Å². The number of Topliss-reactive ketones (excluding diaryl/α,β-unsaturated/α-hetero) is 1. The number of benzene rings is 2. The van der Waals surface area contributed by atoms with Gasteiger partial charge in [-0.1, -0.05) is 54.0 Å². The summed E-state index contributed by atoms with van der Waals surface area (Å²) in [5.41, 5.74) is 4.07. The molecule has 3 aliphatic rings. The van der Waals surface area contributed by atoms with Gasteiger partial charge in [-0.25, -0.2) is 4.99 Å². The summed E-state index contributed by atoms with van der Waals surface area (Å²) in [6.07, 6.45) is 1.42. The second-order valence-electron chi connectivity index (χ2n) is 8.09. The smallest absolute Gasteiger partial charge is 0.174 e. The van der Waals surface area contributed by atoms with Crippen molar-refractivity contribution in [3.8, 4) is 0 Å². The van der Waals surface area contributed by atoms with Gasteiger partial charge in [0.25, 0.3) is 0 Å². The third-order valence-electron chi connectivity index (χ3n) is 5.38. The molecule has 1 aliphatic carbocycles. The highest BCUT2D eigenvalue weighted by atomic mass is 79.9. The van der Waals surface area contributed by atoms with E-state index < -0.39 is 0 Å². The lowest BCUT2D eigenvalue weighted by Gasteiger charge is -2.40. The third-order valence-corrected chi connectivity index (χ3v) is 6.94. The second-order valence-corrected chi connectivity index (χ2v) is 10.0. The maximum Gasteiger partial charge on any atom is 0.174 e. The summed E-state index contributed by atoms with van der Waals surface area (Å²) in [7, 11) is 0. The normalized spacial score (nSPS) is 22.9. The molecule has 5 rings (SSSR count). The van der Waals surface area contributed by atoms with Crippen molar-refractivity contribution >= 4 is 44.3 Å². The Hall–Kier alpha value is -1.85. The van der Waals surface area contributed by atoms with Gasteiger partial charge in [-0.2, -0.15) is 0 Å². The van der Waals surface area contributed by atoms with Crippen LogP contribution in [-0.2, 0) is 4.79 Å². The zero-order chi connectivity index (χ0) is 18.8. The fourth-order valence-corrected chi connectivity index (χ4v) is 5.57. The molecule has 1 atom stereocenters. The van der Waals surface area contributed by atoms with Crippen LogP contribution in [0.1, 0.15) is 38.3 Å². The van der Waals surface area contributed by atoms with E-state index in [4.69, 9.17) is 4.99 Å². The van der Waals surface area contributed by atoms with Crippen molar-refractivity contribution in [2.75, 3.05) is 4.90 Å². The predicted octanol–water partition coefficient (Wildman–Crippen LogP) is 6.12. The minimum Gasteiger partial charge on any atom is -0.308 e. The molecule has 1 unspecified atom stereocenters. The van der Waals surface area contributed by atoms with E-state index in [0.717, 1.165) is 38.6 Å². The molecule has 5 heteroatoms. The maximum atomic E-state index is 13.2. The van der Waals surface area contributed by atoms with Crippen LogP contribution in [0.2, 0.25) is 0 Å². The summed E-state index contributed by atoms with van der Waals surface area (Å²) in [4.78, 5) is 21.6. The van der Waals surface area contributed by atoms with Crippen molar-refractivity contribution in [1.29, 1.82) is 0 Å². The molecule has 0 amide bonds. The molecule has 0 spiro atoms. The summed E-state index contributed by atoms with van der Waals surface area (Å²) >= 11 is 5.23. The zero-order valence-electron chi connectivity index (χ0n) is 15.2. The highest BCUT2D eigenvalue weighted by Crippen LogP contribution is 2.53. The Bertz CT molecular complexity index is 1020. The minimum absolute atomic E-state index is 0.0392. The lowest BCUT2D eigenvalue weighted by molar-refractivity contribution is -0.118. The van der Waals surface area contributed by atoms with Gasteiger partial charge in [0.1, 0.15) is 0 Å². The number of allylic oxidation sites excluding steroid dienone is 1. The number of ketones is 1. The summed E-state index contributed by atoms with van der Waals surface area (Å²) in [6, 6.07) is 16.6. The Labute approximate surface area is 171 Å². The van der Waals surface area contributed by atoms with Crippen LogP contribution in [0, 0.1) is 5.41 Å². The number of carbonyl (C=O) groups excluding carboxylic acids is 1. The lowest BCUT2D eigenvalue weighted by atomic mass is 9.73. The number of hydrogen-bond acceptors (Lipinski definition) is 4. The monoisotopic (exact) mass is 438 g/mol. The van der Waals surface area contributed by atoms with Crippen molar-refractivity contribution in [2.45, 2.75) is 37.6 Å². The minimum atomic E-state index is -0.111. The summed E-state index contributed by atoms with van der Waals surface area (Å²) in [6.45, 7) is 4.32. The number of amidine groups is 1. The fourth-order valence-electron chi connectivity index (χ4n) is 4.24. The molecule has 2 aromatic carbocycles. The van der Waals surface area contributed by atoms with Crippen LogP contribution < -0.4 is 4.90 Å². The SMILES string of the molecule is CC1(C)CC(=O)C2=C(C1)N=C1Sc3ccccc3N1C2c1ccc(Br)cc1. The number of aliphatic imine (C=N–C) groups is 1. The molecule has 27 heavy (non-hydrogen) atoms. The van der Waals surface area contributed by atoms with E-state index in [-0.39, 0.29) is 17.2 Å². The second kappa shape index (κ2) is 6.08. The largest absolute Gasteiger partial charge is 0.308 e. The molecular formula is C22H19BrN2OS. The van der Waals surface area contributed by atoms with Crippen LogP contribution in [0.25, 0.3) is 0 Å². The van der Waals surface area contributed by atoms with Crippen molar-refractivity contribution in [3.63, 3.8) is 0 Å². The zero-order valence-corrected chi connectivity index (χ0v) is 17.6. The molecule has 3 nitrogen and oxygen atoms in total. The molecule has 0 N–H and O–H groups in total. The van der Waals surface area contributed by atoms with Crippen LogP contribution in [0.5, 0.6) is 0 Å². The first kappa shape index (κ1) is 17.3. The standard InChI is InChI=1S/C22H19BrN2OS/c1-22(2)11-15-19(17(26)12-22)20(13-7-9-14(23)10-8-13)25-16-5-3-4-6-18(16)27-21(25)24-15/h3-10,20H,11-12H2,1-2H3. The number of halogens is 1. The third kappa shape index (κ3) is 2.79. The average molecular weight is 439 g/mol. The van der Waals surface area contributed by atoms with E-state index in [1.54, 1.807) is 11.8 Å². The van der Waals surface area contributed by atoms with Crippen molar-refractivity contribution in [3.05, 3.63) is 69.8 Å². The van der Waals surface area contributed by atoms with E-state index in [2.05, 4.69) is 71.1 Å². The molecule has 0 fully saturated rings. The first-order chi connectivity index (χ1) is 12.9. The van der Waals surface area contributed by atoms with Gasteiger partial charge in [0.15, 0.2) is 11.0 Å². The van der Waals surface area contributed by atoms with Gasteiger partial charge in [0.05, 0.1) is 17.4 Å². The molecule has 136 valence electrons. The summed E-state index contributed by atoms with van der Waals surface area (Å²) in [5.74, 6) is 0.228. The Morgan fingerprint density at radius 3 is 2.63 bits per heavy atom. The first-order valence-corrected chi connectivity index (χ1v) is 10.7. The fraction of sp³-hybridized carbons (Fsp3) is 0.273. The van der Waals surface area contributed by atoms with Gasteiger partial charge in [0.2, 0.25) is 0 Å². The number of fused-ring (bicyclic) bond motifs is 3. The number of carbonyl (C=O) groups is 1. The van der Waals surface area contributed by atoms with E-state index in [0.29, 0.717) is 6.42 Å². The molecule has 0 saturated heterocycles. The van der Waals surface area contributed by atoms with Crippen LogP contribution >= 0.6 is 27.7 Å². The molecule has 0 radical (unpaired) electrons. The first-order valence-electron chi connectivity index (χ1n) is 9.09. The van der Waals surface area contributed by atoms with Gasteiger partial charge in [-0.05, 0) is 53.4 Å². The Morgan fingerprint density at radius 1 is 1.11 bits per heavy atom. The maximum absolute atomic E-state index is 13.2. The van der Waals surface area contributed by atoms with Crippen molar-refractivity contribution in [2.24, 2.45) is 10.4 Å². The van der Waals surface area contributed by atoms with Gasteiger partial charge < -0.3 is 4.90 Å². The van der Waals surface area contributed by atoms with Crippen LogP contribution in [-0.4, -0.2) is 11.0 Å². The van der Waals surface area contributed by atoms with Crippen LogP contribution in [0.4, 0.5) is 5.69 Å². The lowest BCUT2D eigenvalue weighted by Crippen LogP contribution is -2.40. The van der Waals surface area contributed by atoms with Gasteiger partial charge in [-0.15, -0.1) is 0 Å². The molecule has 2 aromatic rings. The number of rotatable bonds is 1. The van der Waals surface area contributed by atoms with Gasteiger partial charge >= 0.3 is 0 Å². The van der Waals surface area contributed by atoms with E-state index >= 15 is 0 Å². The van der Waals surface area contributed by atoms with Crippen molar-refractivity contribution in [1.82, 2.24) is 0 Å².